The molecule has 1 N–H and O–H groups in total. The second-order valence-corrected chi connectivity index (χ2v) is 7.59. The topological polar surface area (TPSA) is 75.2 Å². The van der Waals surface area contributed by atoms with Crippen molar-refractivity contribution < 1.29 is 9.59 Å². The molecule has 0 aromatic carbocycles. The largest absolute Gasteiger partial charge is 0.353 e. The number of amides is 2. The van der Waals surface area contributed by atoms with Crippen molar-refractivity contribution in [2.24, 2.45) is 11.3 Å². The molecule has 2 saturated carbocycles. The van der Waals surface area contributed by atoms with Crippen LogP contribution in [0.5, 0.6) is 0 Å². The Kier molecular flexibility index (Phi) is 3.77. The Hall–Kier alpha value is -1.98. The van der Waals surface area contributed by atoms with Crippen LogP contribution in [-0.4, -0.2) is 45.8 Å². The lowest BCUT2D eigenvalue weighted by Crippen LogP contribution is -2.43. The molecule has 1 unspecified atom stereocenters. The van der Waals surface area contributed by atoms with Crippen LogP contribution in [0.2, 0.25) is 0 Å². The van der Waals surface area contributed by atoms with Crippen molar-refractivity contribution in [2.75, 3.05) is 13.1 Å². The Balaban J connectivity index is 1.31. The van der Waals surface area contributed by atoms with Gasteiger partial charge in [-0.25, -0.2) is 4.98 Å². The van der Waals surface area contributed by atoms with Gasteiger partial charge in [0.15, 0.2) is 0 Å². The van der Waals surface area contributed by atoms with E-state index in [0.717, 1.165) is 37.8 Å². The monoisotopic (exact) mass is 328 g/mol. The van der Waals surface area contributed by atoms with Crippen LogP contribution in [0.1, 0.15) is 54.7 Å². The van der Waals surface area contributed by atoms with Gasteiger partial charge in [-0.15, -0.1) is 0 Å². The van der Waals surface area contributed by atoms with E-state index in [1.165, 1.54) is 6.42 Å². The maximum absolute atomic E-state index is 12.5. The summed E-state index contributed by atoms with van der Waals surface area (Å²) in [7, 11) is 0. The van der Waals surface area contributed by atoms with Crippen LogP contribution in [-0.2, 0) is 4.79 Å². The molecular formula is C18H24N4O2. The molecule has 6 heteroatoms. The van der Waals surface area contributed by atoms with Crippen LogP contribution < -0.4 is 5.32 Å². The lowest BCUT2D eigenvalue weighted by Gasteiger charge is -2.33. The van der Waals surface area contributed by atoms with E-state index in [1.807, 2.05) is 11.8 Å². The molecule has 2 amide bonds. The fourth-order valence-corrected chi connectivity index (χ4v) is 3.95. The minimum absolute atomic E-state index is 0.0477. The van der Waals surface area contributed by atoms with E-state index in [-0.39, 0.29) is 23.1 Å². The van der Waals surface area contributed by atoms with Crippen LogP contribution in [0.25, 0.3) is 0 Å². The average Bonchev–Trinajstić information content (AvgIpc) is 3.25. The number of nitrogens with zero attached hydrogens (tertiary/aromatic N) is 3. The Bertz CT molecular complexity index is 645. The van der Waals surface area contributed by atoms with E-state index in [0.29, 0.717) is 24.8 Å². The minimum Gasteiger partial charge on any atom is -0.353 e. The van der Waals surface area contributed by atoms with Gasteiger partial charge in [-0.05, 0) is 50.9 Å². The fourth-order valence-electron chi connectivity index (χ4n) is 3.95. The van der Waals surface area contributed by atoms with E-state index in [4.69, 9.17) is 0 Å². The van der Waals surface area contributed by atoms with E-state index in [2.05, 4.69) is 15.3 Å². The second-order valence-electron chi connectivity index (χ2n) is 7.59. The van der Waals surface area contributed by atoms with Gasteiger partial charge in [-0.2, -0.15) is 0 Å². The number of carbonyl (C=O) groups is 2. The van der Waals surface area contributed by atoms with E-state index in [1.54, 1.807) is 12.4 Å². The number of nitrogens with one attached hydrogen (secondary N) is 1. The van der Waals surface area contributed by atoms with E-state index < -0.39 is 0 Å². The number of aryl methyl sites for hydroxylation is 1. The standard InChI is InChI=1S/C18H24N4O2/c1-12-10-20-15(11-19-12)17(24)22-7-5-18(6-8-22)9-14(18)16(23)21-13-3-2-4-13/h10-11,13-14H,2-9H2,1H3,(H,21,23). The van der Waals surface area contributed by atoms with Crippen LogP contribution in [0.4, 0.5) is 0 Å². The van der Waals surface area contributed by atoms with Crippen molar-refractivity contribution in [1.29, 1.82) is 0 Å². The highest BCUT2D eigenvalue weighted by Crippen LogP contribution is 2.59. The first-order valence-corrected chi connectivity index (χ1v) is 8.96. The van der Waals surface area contributed by atoms with Gasteiger partial charge in [-0.3, -0.25) is 14.6 Å². The molecule has 1 aromatic rings. The zero-order chi connectivity index (χ0) is 16.7. The zero-order valence-electron chi connectivity index (χ0n) is 14.1. The van der Waals surface area contributed by atoms with Crippen LogP contribution in [0, 0.1) is 18.3 Å². The van der Waals surface area contributed by atoms with Gasteiger partial charge < -0.3 is 10.2 Å². The average molecular weight is 328 g/mol. The van der Waals surface area contributed by atoms with Crippen molar-refractivity contribution in [3.8, 4) is 0 Å². The van der Waals surface area contributed by atoms with Crippen molar-refractivity contribution in [3.63, 3.8) is 0 Å². The predicted octanol–water partition coefficient (Wildman–Crippen LogP) is 1.70. The van der Waals surface area contributed by atoms with Gasteiger partial charge in [0.05, 0.1) is 11.9 Å². The van der Waals surface area contributed by atoms with Gasteiger partial charge in [-0.1, -0.05) is 0 Å². The Labute approximate surface area is 142 Å². The summed E-state index contributed by atoms with van der Waals surface area (Å²) in [6, 6.07) is 0.414. The zero-order valence-corrected chi connectivity index (χ0v) is 14.1. The molecule has 3 fully saturated rings. The van der Waals surface area contributed by atoms with Crippen LogP contribution in [0.3, 0.4) is 0 Å². The Morgan fingerprint density at radius 2 is 1.96 bits per heavy atom. The van der Waals surface area contributed by atoms with E-state index in [9.17, 15) is 9.59 Å². The summed E-state index contributed by atoms with van der Waals surface area (Å²) >= 11 is 0. The highest BCUT2D eigenvalue weighted by molar-refractivity contribution is 5.92. The summed E-state index contributed by atoms with van der Waals surface area (Å²) < 4.78 is 0. The summed E-state index contributed by atoms with van der Waals surface area (Å²) in [5.41, 5.74) is 1.36. The number of aromatic nitrogens is 2. The maximum atomic E-state index is 12.5. The summed E-state index contributed by atoms with van der Waals surface area (Å²) in [6.07, 6.45) is 9.49. The number of carbonyl (C=O) groups excluding carboxylic acids is 2. The molecular weight excluding hydrogens is 304 g/mol. The highest BCUT2D eigenvalue weighted by Gasteiger charge is 2.59. The molecule has 24 heavy (non-hydrogen) atoms. The van der Waals surface area contributed by atoms with Crippen molar-refractivity contribution >= 4 is 11.8 Å². The number of piperidine rings is 1. The first-order valence-electron chi connectivity index (χ1n) is 8.96. The normalized spacial score (nSPS) is 25.2. The van der Waals surface area contributed by atoms with Gasteiger partial charge in [0, 0.05) is 31.2 Å². The molecule has 6 nitrogen and oxygen atoms in total. The third-order valence-corrected chi connectivity index (χ3v) is 6.00. The molecule has 2 heterocycles. The molecule has 1 aromatic heterocycles. The third-order valence-electron chi connectivity index (χ3n) is 6.00. The molecule has 128 valence electrons. The smallest absolute Gasteiger partial charge is 0.274 e. The Morgan fingerprint density at radius 3 is 2.54 bits per heavy atom. The van der Waals surface area contributed by atoms with Crippen molar-refractivity contribution in [3.05, 3.63) is 23.8 Å². The summed E-state index contributed by atoms with van der Waals surface area (Å²) in [6.45, 7) is 3.27. The molecule has 0 radical (unpaired) electrons. The van der Waals surface area contributed by atoms with Gasteiger partial charge in [0.25, 0.3) is 5.91 Å². The summed E-state index contributed by atoms with van der Waals surface area (Å²) in [5, 5.41) is 3.18. The Morgan fingerprint density at radius 1 is 1.21 bits per heavy atom. The molecule has 1 aliphatic heterocycles. The third kappa shape index (κ3) is 2.78. The van der Waals surface area contributed by atoms with E-state index >= 15 is 0 Å². The highest BCUT2D eigenvalue weighted by atomic mass is 16.2. The predicted molar refractivity (Wildman–Crippen MR) is 88.2 cm³/mol. The summed E-state index contributed by atoms with van der Waals surface area (Å²) in [4.78, 5) is 35.0. The first-order chi connectivity index (χ1) is 11.6. The van der Waals surface area contributed by atoms with Crippen molar-refractivity contribution in [1.82, 2.24) is 20.2 Å². The van der Waals surface area contributed by atoms with Gasteiger partial charge in [0.2, 0.25) is 5.91 Å². The molecule has 4 rings (SSSR count). The number of hydrogen-bond donors (Lipinski definition) is 1. The number of rotatable bonds is 3. The van der Waals surface area contributed by atoms with Crippen LogP contribution in [0.15, 0.2) is 12.4 Å². The lowest BCUT2D eigenvalue weighted by molar-refractivity contribution is -0.124. The molecule has 2 aliphatic carbocycles. The quantitative estimate of drug-likeness (QED) is 0.916. The second kappa shape index (κ2) is 5.83. The molecule has 1 atom stereocenters. The summed E-state index contributed by atoms with van der Waals surface area (Å²) in [5.74, 6) is 0.354. The molecule has 1 saturated heterocycles. The molecule has 0 bridgehead atoms. The first kappa shape index (κ1) is 15.5. The number of hydrogen-bond acceptors (Lipinski definition) is 4. The fraction of sp³-hybridized carbons (Fsp3) is 0.667. The number of likely N-dealkylation sites (tertiary alicyclic amines) is 1. The van der Waals surface area contributed by atoms with Gasteiger partial charge in [0.1, 0.15) is 5.69 Å². The maximum Gasteiger partial charge on any atom is 0.274 e. The van der Waals surface area contributed by atoms with Gasteiger partial charge >= 0.3 is 0 Å². The SMILES string of the molecule is Cc1cnc(C(=O)N2CCC3(CC2)CC3C(=O)NC2CCC2)cn1. The van der Waals surface area contributed by atoms with Crippen molar-refractivity contribution in [2.45, 2.75) is 51.5 Å². The lowest BCUT2D eigenvalue weighted by atomic mass is 9.89. The minimum atomic E-state index is -0.0477. The molecule has 1 spiro atoms. The molecule has 3 aliphatic rings. The van der Waals surface area contributed by atoms with Crippen LogP contribution >= 0.6 is 0 Å².